The van der Waals surface area contributed by atoms with Crippen LogP contribution in [0.5, 0.6) is 0 Å². The van der Waals surface area contributed by atoms with Gasteiger partial charge in [-0.05, 0) is 47.7 Å². The molecule has 1 amide bonds. The monoisotopic (exact) mass is 314 g/mol. The third-order valence-electron chi connectivity index (χ3n) is 3.01. The minimum Gasteiger partial charge on any atom is -0.278 e. The fourth-order valence-electron chi connectivity index (χ4n) is 2.01. The molecule has 2 aromatic carbocycles. The molecule has 21 heavy (non-hydrogen) atoms. The number of carbonyl (C=O) groups is 1. The molecule has 0 aromatic heterocycles. The van der Waals surface area contributed by atoms with Gasteiger partial charge in [0.1, 0.15) is 0 Å². The molecule has 5 heteroatoms. The predicted molar refractivity (Wildman–Crippen MR) is 88.7 cm³/mol. The second kappa shape index (κ2) is 5.76. The summed E-state index contributed by atoms with van der Waals surface area (Å²) in [6, 6.07) is 16.5. The quantitative estimate of drug-likeness (QED) is 0.835. The summed E-state index contributed by atoms with van der Waals surface area (Å²) in [6.07, 6.45) is 1.80. The highest BCUT2D eigenvalue weighted by molar-refractivity contribution is 8.19. The van der Waals surface area contributed by atoms with Crippen LogP contribution < -0.4 is 4.90 Å². The second-order valence-corrected chi connectivity index (χ2v) is 5.91. The lowest BCUT2D eigenvalue weighted by atomic mass is 10.2. The van der Waals surface area contributed by atoms with E-state index in [-0.39, 0.29) is 11.1 Å². The van der Waals surface area contributed by atoms with E-state index >= 15 is 0 Å². The average molecular weight is 315 g/mol. The number of carbonyl (C=O) groups excluding carboxylic acids is 1. The summed E-state index contributed by atoms with van der Waals surface area (Å²) in [5.41, 5.74) is 1.59. The van der Waals surface area contributed by atoms with Crippen LogP contribution in [0.3, 0.4) is 0 Å². The van der Waals surface area contributed by atoms with Crippen LogP contribution in [0.15, 0.2) is 59.5 Å². The summed E-state index contributed by atoms with van der Waals surface area (Å²) in [7, 11) is 0. The summed E-state index contributed by atoms with van der Waals surface area (Å²) in [6.45, 7) is 0. The Morgan fingerprint density at radius 3 is 2.38 bits per heavy atom. The van der Waals surface area contributed by atoms with Gasteiger partial charge in [-0.1, -0.05) is 41.9 Å². The molecule has 0 saturated carbocycles. The molecule has 1 fully saturated rings. The molecule has 0 bridgehead atoms. The Balaban J connectivity index is 1.92. The van der Waals surface area contributed by atoms with Crippen molar-refractivity contribution in [1.29, 1.82) is 5.41 Å². The van der Waals surface area contributed by atoms with Crippen LogP contribution in [-0.2, 0) is 4.79 Å². The van der Waals surface area contributed by atoms with Crippen molar-refractivity contribution >= 4 is 46.2 Å². The van der Waals surface area contributed by atoms with Gasteiger partial charge in [-0.2, -0.15) is 0 Å². The van der Waals surface area contributed by atoms with Crippen LogP contribution in [0.1, 0.15) is 5.56 Å². The van der Waals surface area contributed by atoms with Gasteiger partial charge in [0.25, 0.3) is 5.91 Å². The average Bonchev–Trinajstić information content (AvgIpc) is 2.76. The van der Waals surface area contributed by atoms with Crippen molar-refractivity contribution in [3.8, 4) is 0 Å². The number of thioether (sulfide) groups is 1. The first kappa shape index (κ1) is 13.9. The number of amidine groups is 1. The van der Waals surface area contributed by atoms with E-state index in [4.69, 9.17) is 17.0 Å². The maximum absolute atomic E-state index is 12.5. The Morgan fingerprint density at radius 1 is 1.05 bits per heavy atom. The van der Waals surface area contributed by atoms with E-state index in [1.165, 1.54) is 4.90 Å². The van der Waals surface area contributed by atoms with Crippen LogP contribution in [-0.4, -0.2) is 11.1 Å². The third-order valence-corrected chi connectivity index (χ3v) is 4.15. The minimum absolute atomic E-state index is 0.184. The molecule has 1 aliphatic heterocycles. The van der Waals surface area contributed by atoms with Crippen LogP contribution in [0.4, 0.5) is 5.69 Å². The van der Waals surface area contributed by atoms with Gasteiger partial charge in [0.2, 0.25) is 0 Å². The number of hydrogen-bond donors (Lipinski definition) is 1. The number of halogens is 1. The Hall–Kier alpha value is -2.04. The maximum atomic E-state index is 12.5. The first-order chi connectivity index (χ1) is 10.1. The van der Waals surface area contributed by atoms with Gasteiger partial charge in [-0.15, -0.1) is 0 Å². The normalized spacial score (nSPS) is 16.8. The van der Waals surface area contributed by atoms with E-state index in [9.17, 15) is 4.79 Å². The van der Waals surface area contributed by atoms with Crippen molar-refractivity contribution < 1.29 is 4.79 Å². The summed E-state index contributed by atoms with van der Waals surface area (Å²) in [5.74, 6) is -0.184. The van der Waals surface area contributed by atoms with Gasteiger partial charge < -0.3 is 0 Å². The number of benzene rings is 2. The van der Waals surface area contributed by atoms with Crippen molar-refractivity contribution in [2.45, 2.75) is 0 Å². The molecular weight excluding hydrogens is 304 g/mol. The standard InChI is InChI=1S/C16H11ClN2OS/c17-12-6-8-13(9-7-12)19-15(20)14(21-16(19)18)10-11-4-2-1-3-5-11/h1-10,18H/b14-10-,18-16?. The Bertz CT molecular complexity index is 726. The molecule has 0 radical (unpaired) electrons. The molecule has 1 aliphatic rings. The van der Waals surface area contributed by atoms with Crippen LogP contribution in [0, 0.1) is 5.41 Å². The molecule has 0 atom stereocenters. The van der Waals surface area contributed by atoms with Gasteiger partial charge in [-0.3, -0.25) is 15.1 Å². The second-order valence-electron chi connectivity index (χ2n) is 4.44. The lowest BCUT2D eigenvalue weighted by molar-refractivity contribution is -0.113. The van der Waals surface area contributed by atoms with Crippen molar-refractivity contribution in [3.05, 3.63) is 70.1 Å². The summed E-state index contributed by atoms with van der Waals surface area (Å²) in [5, 5.41) is 8.82. The summed E-state index contributed by atoms with van der Waals surface area (Å²) >= 11 is 7.02. The Labute approximate surface area is 131 Å². The molecule has 1 N–H and O–H groups in total. The molecule has 2 aromatic rings. The lowest BCUT2D eigenvalue weighted by Crippen LogP contribution is -2.27. The number of amides is 1. The highest BCUT2D eigenvalue weighted by atomic mass is 35.5. The molecule has 104 valence electrons. The summed E-state index contributed by atoms with van der Waals surface area (Å²) in [4.78, 5) is 14.4. The molecule has 0 spiro atoms. The largest absolute Gasteiger partial charge is 0.278 e. The zero-order valence-electron chi connectivity index (χ0n) is 10.9. The Kier molecular flexibility index (Phi) is 3.82. The maximum Gasteiger partial charge on any atom is 0.271 e. The van der Waals surface area contributed by atoms with Crippen molar-refractivity contribution in [3.63, 3.8) is 0 Å². The molecule has 0 aliphatic carbocycles. The molecule has 0 unspecified atom stereocenters. The van der Waals surface area contributed by atoms with E-state index in [0.29, 0.717) is 15.6 Å². The van der Waals surface area contributed by atoms with Gasteiger partial charge in [0, 0.05) is 5.02 Å². The van der Waals surface area contributed by atoms with Crippen LogP contribution in [0.2, 0.25) is 5.02 Å². The van der Waals surface area contributed by atoms with Crippen molar-refractivity contribution in [2.75, 3.05) is 4.90 Å². The fourth-order valence-corrected chi connectivity index (χ4v) is 3.00. The number of anilines is 1. The van der Waals surface area contributed by atoms with Gasteiger partial charge in [0.05, 0.1) is 10.6 Å². The fraction of sp³-hybridized carbons (Fsp3) is 0. The highest BCUT2D eigenvalue weighted by Gasteiger charge is 2.33. The van der Waals surface area contributed by atoms with Gasteiger partial charge in [0.15, 0.2) is 5.17 Å². The molecular formula is C16H11ClN2OS. The van der Waals surface area contributed by atoms with Gasteiger partial charge in [-0.25, -0.2) is 0 Å². The predicted octanol–water partition coefficient (Wildman–Crippen LogP) is 4.40. The van der Waals surface area contributed by atoms with Crippen LogP contribution in [0.25, 0.3) is 6.08 Å². The molecule has 3 rings (SSSR count). The topological polar surface area (TPSA) is 44.2 Å². The Morgan fingerprint density at radius 2 is 1.71 bits per heavy atom. The van der Waals surface area contributed by atoms with E-state index in [0.717, 1.165) is 17.3 Å². The molecule has 1 saturated heterocycles. The lowest BCUT2D eigenvalue weighted by Gasteiger charge is -2.14. The third kappa shape index (κ3) is 2.86. The summed E-state index contributed by atoms with van der Waals surface area (Å²) < 4.78 is 0. The molecule has 1 heterocycles. The number of rotatable bonds is 2. The smallest absolute Gasteiger partial charge is 0.271 e. The first-order valence-electron chi connectivity index (χ1n) is 6.28. The highest BCUT2D eigenvalue weighted by Crippen LogP contribution is 2.35. The minimum atomic E-state index is -0.184. The molecule has 3 nitrogen and oxygen atoms in total. The van der Waals surface area contributed by atoms with Crippen LogP contribution >= 0.6 is 23.4 Å². The van der Waals surface area contributed by atoms with Crippen molar-refractivity contribution in [2.24, 2.45) is 0 Å². The van der Waals surface area contributed by atoms with E-state index in [1.807, 2.05) is 30.3 Å². The van der Waals surface area contributed by atoms with E-state index in [1.54, 1.807) is 30.3 Å². The van der Waals surface area contributed by atoms with Gasteiger partial charge >= 0.3 is 0 Å². The van der Waals surface area contributed by atoms with E-state index in [2.05, 4.69) is 0 Å². The number of nitrogens with one attached hydrogen (secondary N) is 1. The zero-order chi connectivity index (χ0) is 14.8. The zero-order valence-corrected chi connectivity index (χ0v) is 12.5. The van der Waals surface area contributed by atoms with E-state index < -0.39 is 0 Å². The number of nitrogens with zero attached hydrogens (tertiary/aromatic N) is 1. The van der Waals surface area contributed by atoms with Crippen molar-refractivity contribution in [1.82, 2.24) is 0 Å². The SMILES string of the molecule is N=C1S/C(=C\c2ccccc2)C(=O)N1c1ccc(Cl)cc1. The first-order valence-corrected chi connectivity index (χ1v) is 7.48. The number of hydrogen-bond acceptors (Lipinski definition) is 3.